The first-order chi connectivity index (χ1) is 9.06. The predicted octanol–water partition coefficient (Wildman–Crippen LogP) is 0.293. The first kappa shape index (κ1) is 13.6. The Kier molecular flexibility index (Phi) is 3.92. The van der Waals surface area contributed by atoms with E-state index in [1.807, 2.05) is 0 Å². The maximum Gasteiger partial charge on any atom is 0.328 e. The third-order valence-electron chi connectivity index (χ3n) is 3.76. The van der Waals surface area contributed by atoms with Crippen molar-refractivity contribution in [1.29, 1.82) is 0 Å². The third kappa shape index (κ3) is 2.50. The van der Waals surface area contributed by atoms with Gasteiger partial charge in [-0.2, -0.15) is 0 Å². The highest BCUT2D eigenvalue weighted by molar-refractivity contribution is 5.87. The molecule has 0 aromatic carbocycles. The van der Waals surface area contributed by atoms with E-state index >= 15 is 0 Å². The van der Waals surface area contributed by atoms with Crippen LogP contribution in [0.1, 0.15) is 25.7 Å². The van der Waals surface area contributed by atoms with Crippen LogP contribution in [-0.4, -0.2) is 65.2 Å². The number of hydrogen-bond acceptors (Lipinski definition) is 4. The number of ether oxygens (including phenoxy) is 1. The Hall–Kier alpha value is -1.79. The second-order valence-corrected chi connectivity index (χ2v) is 4.85. The van der Waals surface area contributed by atoms with Gasteiger partial charge in [-0.05, 0) is 25.7 Å². The van der Waals surface area contributed by atoms with Crippen molar-refractivity contribution in [2.45, 2.75) is 37.8 Å². The molecular formula is C12H18N2O5. The number of urea groups is 1. The topological polar surface area (TPSA) is 87.2 Å². The maximum atomic E-state index is 12.4. The molecule has 7 heteroatoms. The van der Waals surface area contributed by atoms with Crippen molar-refractivity contribution in [1.82, 2.24) is 9.80 Å². The summed E-state index contributed by atoms with van der Waals surface area (Å²) >= 11 is 0. The molecule has 106 valence electrons. The zero-order chi connectivity index (χ0) is 14.0. The quantitative estimate of drug-likeness (QED) is 0.729. The summed E-state index contributed by atoms with van der Waals surface area (Å²) in [6.45, 7) is 0.904. The number of carbonyl (C=O) groups is 3. The summed E-state index contributed by atoms with van der Waals surface area (Å²) in [6.07, 6.45) is 2.46. The van der Waals surface area contributed by atoms with Gasteiger partial charge in [0.2, 0.25) is 0 Å². The lowest BCUT2D eigenvalue weighted by atomic mass is 10.2. The normalized spacial score (nSPS) is 26.6. The van der Waals surface area contributed by atoms with Crippen molar-refractivity contribution >= 4 is 18.0 Å². The predicted molar refractivity (Wildman–Crippen MR) is 64.5 cm³/mol. The summed E-state index contributed by atoms with van der Waals surface area (Å²) in [5.41, 5.74) is 0. The molecule has 2 aliphatic heterocycles. The van der Waals surface area contributed by atoms with Crippen LogP contribution in [-0.2, 0) is 14.3 Å². The second-order valence-electron chi connectivity index (χ2n) is 4.85. The number of methoxy groups -OCH3 is 1. The molecule has 1 N–H and O–H groups in total. The molecule has 0 bridgehead atoms. The molecular weight excluding hydrogens is 252 g/mol. The van der Waals surface area contributed by atoms with Gasteiger partial charge in [0.05, 0.1) is 7.11 Å². The molecule has 0 saturated carbocycles. The smallest absolute Gasteiger partial charge is 0.328 e. The van der Waals surface area contributed by atoms with Gasteiger partial charge in [-0.25, -0.2) is 14.4 Å². The molecule has 2 rings (SSSR count). The summed E-state index contributed by atoms with van der Waals surface area (Å²) in [7, 11) is 1.29. The number of carboxylic acids is 1. The van der Waals surface area contributed by atoms with Crippen LogP contribution in [0.4, 0.5) is 4.79 Å². The van der Waals surface area contributed by atoms with Crippen molar-refractivity contribution in [2.75, 3.05) is 20.2 Å². The van der Waals surface area contributed by atoms with Crippen molar-refractivity contribution in [3.8, 4) is 0 Å². The van der Waals surface area contributed by atoms with Crippen LogP contribution in [0.15, 0.2) is 0 Å². The lowest BCUT2D eigenvalue weighted by molar-refractivity contribution is -0.145. The fraction of sp³-hybridized carbons (Fsp3) is 0.750. The van der Waals surface area contributed by atoms with E-state index in [1.165, 1.54) is 16.9 Å². The first-order valence-electron chi connectivity index (χ1n) is 6.44. The fourth-order valence-electron chi connectivity index (χ4n) is 2.79. The maximum absolute atomic E-state index is 12.4. The van der Waals surface area contributed by atoms with Gasteiger partial charge in [0.15, 0.2) is 0 Å². The van der Waals surface area contributed by atoms with Crippen LogP contribution < -0.4 is 0 Å². The van der Waals surface area contributed by atoms with E-state index in [4.69, 9.17) is 5.11 Å². The van der Waals surface area contributed by atoms with Gasteiger partial charge in [-0.15, -0.1) is 0 Å². The van der Waals surface area contributed by atoms with Crippen LogP contribution in [0, 0.1) is 0 Å². The Bertz CT molecular complexity index is 398. The van der Waals surface area contributed by atoms with E-state index in [0.29, 0.717) is 32.4 Å². The zero-order valence-electron chi connectivity index (χ0n) is 10.9. The molecule has 19 heavy (non-hydrogen) atoms. The number of hydrogen-bond donors (Lipinski definition) is 1. The Morgan fingerprint density at radius 1 is 1.05 bits per heavy atom. The van der Waals surface area contributed by atoms with Crippen LogP contribution in [0.25, 0.3) is 0 Å². The molecule has 0 spiro atoms. The minimum absolute atomic E-state index is 0.363. The Labute approximate surface area is 111 Å². The molecule has 2 aliphatic rings. The van der Waals surface area contributed by atoms with Crippen LogP contribution in [0.5, 0.6) is 0 Å². The summed E-state index contributed by atoms with van der Waals surface area (Å²) in [5.74, 6) is -1.42. The minimum Gasteiger partial charge on any atom is -0.480 e. The number of aliphatic carboxylic acids is 1. The van der Waals surface area contributed by atoms with Gasteiger partial charge in [0, 0.05) is 13.1 Å². The highest BCUT2D eigenvalue weighted by Gasteiger charge is 2.41. The number of rotatable bonds is 2. The molecule has 2 heterocycles. The van der Waals surface area contributed by atoms with E-state index in [1.54, 1.807) is 0 Å². The molecule has 0 aliphatic carbocycles. The summed E-state index contributed by atoms with van der Waals surface area (Å²) in [4.78, 5) is 37.9. The largest absolute Gasteiger partial charge is 0.480 e. The highest BCUT2D eigenvalue weighted by atomic mass is 16.5. The van der Waals surface area contributed by atoms with Crippen molar-refractivity contribution in [3.63, 3.8) is 0 Å². The van der Waals surface area contributed by atoms with Crippen molar-refractivity contribution in [3.05, 3.63) is 0 Å². The van der Waals surface area contributed by atoms with Gasteiger partial charge >= 0.3 is 18.0 Å². The summed E-state index contributed by atoms with van der Waals surface area (Å²) in [6, 6.07) is -1.71. The van der Waals surface area contributed by atoms with Gasteiger partial charge in [0.25, 0.3) is 0 Å². The lowest BCUT2D eigenvalue weighted by Gasteiger charge is -2.30. The number of carboxylic acid groups (broad SMARTS) is 1. The van der Waals surface area contributed by atoms with Crippen LogP contribution in [0.3, 0.4) is 0 Å². The van der Waals surface area contributed by atoms with Gasteiger partial charge < -0.3 is 19.6 Å². The monoisotopic (exact) mass is 270 g/mol. The Balaban J connectivity index is 2.10. The summed E-state index contributed by atoms with van der Waals surface area (Å²) < 4.78 is 4.68. The van der Waals surface area contributed by atoms with E-state index in [-0.39, 0.29) is 6.03 Å². The SMILES string of the molecule is COC(=O)C1CCCN1C(=O)N1CCC[C@@H]1C(=O)O. The van der Waals surface area contributed by atoms with E-state index in [0.717, 1.165) is 6.42 Å². The van der Waals surface area contributed by atoms with Crippen LogP contribution >= 0.6 is 0 Å². The average Bonchev–Trinajstić information content (AvgIpc) is 3.05. The van der Waals surface area contributed by atoms with Gasteiger partial charge in [-0.3, -0.25) is 0 Å². The van der Waals surface area contributed by atoms with Crippen molar-refractivity contribution in [2.24, 2.45) is 0 Å². The van der Waals surface area contributed by atoms with Gasteiger partial charge in [-0.1, -0.05) is 0 Å². The second kappa shape index (κ2) is 5.46. The number of amides is 2. The molecule has 0 aromatic rings. The first-order valence-corrected chi connectivity index (χ1v) is 6.44. The average molecular weight is 270 g/mol. The Morgan fingerprint density at radius 3 is 2.11 bits per heavy atom. The zero-order valence-corrected chi connectivity index (χ0v) is 10.9. The van der Waals surface area contributed by atoms with Crippen molar-refractivity contribution < 1.29 is 24.2 Å². The van der Waals surface area contributed by atoms with Gasteiger partial charge in [0.1, 0.15) is 12.1 Å². The molecule has 2 fully saturated rings. The molecule has 0 radical (unpaired) electrons. The number of likely N-dealkylation sites (tertiary alicyclic amines) is 2. The van der Waals surface area contributed by atoms with Crippen LogP contribution in [0.2, 0.25) is 0 Å². The standard InChI is InChI=1S/C12H18N2O5/c1-19-11(17)9-5-3-7-14(9)12(18)13-6-2-4-8(13)10(15)16/h8-9H,2-7H2,1H3,(H,15,16)/t8-,9?/m1/s1. The molecule has 2 amide bonds. The minimum atomic E-state index is -0.986. The number of nitrogens with zero attached hydrogens (tertiary/aromatic N) is 2. The highest BCUT2D eigenvalue weighted by Crippen LogP contribution is 2.25. The molecule has 2 saturated heterocycles. The lowest BCUT2D eigenvalue weighted by Crippen LogP contribution is -2.51. The number of carbonyl (C=O) groups excluding carboxylic acids is 2. The van der Waals surface area contributed by atoms with E-state index in [9.17, 15) is 14.4 Å². The van der Waals surface area contributed by atoms with E-state index < -0.39 is 24.0 Å². The van der Waals surface area contributed by atoms with E-state index in [2.05, 4.69) is 4.74 Å². The fourth-order valence-corrected chi connectivity index (χ4v) is 2.79. The summed E-state index contributed by atoms with van der Waals surface area (Å²) in [5, 5.41) is 9.09. The third-order valence-corrected chi connectivity index (χ3v) is 3.76. The molecule has 1 unspecified atom stereocenters. The molecule has 0 aromatic heterocycles. The molecule has 7 nitrogen and oxygen atoms in total. The Morgan fingerprint density at radius 2 is 1.58 bits per heavy atom. The number of esters is 1. The molecule has 2 atom stereocenters.